The second kappa shape index (κ2) is 8.30. The SMILES string of the molecule is CCS(=O)(=O)N1CCN(C(=O)NCCN2CCCC(C)C2)CC1. The Balaban J connectivity index is 1.67. The first-order chi connectivity index (χ1) is 10.9. The molecule has 0 aliphatic carbocycles. The first-order valence-electron chi connectivity index (χ1n) is 8.65. The van der Waals surface area contributed by atoms with Crippen LogP contribution in [0.4, 0.5) is 4.79 Å². The van der Waals surface area contributed by atoms with Gasteiger partial charge in [0.25, 0.3) is 0 Å². The number of amides is 2. The molecule has 7 nitrogen and oxygen atoms in total. The number of rotatable bonds is 5. The maximum Gasteiger partial charge on any atom is 0.317 e. The van der Waals surface area contributed by atoms with E-state index in [2.05, 4.69) is 17.1 Å². The van der Waals surface area contributed by atoms with Crippen molar-refractivity contribution in [3.05, 3.63) is 0 Å². The summed E-state index contributed by atoms with van der Waals surface area (Å²) in [5.41, 5.74) is 0. The quantitative estimate of drug-likeness (QED) is 0.782. The number of nitrogens with zero attached hydrogens (tertiary/aromatic N) is 3. The van der Waals surface area contributed by atoms with Gasteiger partial charge in [-0.15, -0.1) is 0 Å². The first kappa shape index (κ1) is 18.5. The predicted octanol–water partition coefficient (Wildman–Crippen LogP) is 0.395. The molecule has 0 aromatic heterocycles. The Bertz CT molecular complexity index is 489. The van der Waals surface area contributed by atoms with Crippen LogP contribution in [0.3, 0.4) is 0 Å². The third-order valence-electron chi connectivity index (χ3n) is 4.73. The maximum atomic E-state index is 12.2. The van der Waals surface area contributed by atoms with E-state index < -0.39 is 10.0 Å². The van der Waals surface area contributed by atoms with Gasteiger partial charge in [0.15, 0.2) is 0 Å². The largest absolute Gasteiger partial charge is 0.337 e. The van der Waals surface area contributed by atoms with E-state index in [9.17, 15) is 13.2 Å². The summed E-state index contributed by atoms with van der Waals surface area (Å²) in [6.45, 7) is 9.42. The lowest BCUT2D eigenvalue weighted by Crippen LogP contribution is -2.54. The van der Waals surface area contributed by atoms with E-state index in [4.69, 9.17) is 0 Å². The highest BCUT2D eigenvalue weighted by molar-refractivity contribution is 7.89. The van der Waals surface area contributed by atoms with Crippen molar-refractivity contribution < 1.29 is 13.2 Å². The Morgan fingerprint density at radius 3 is 2.48 bits per heavy atom. The molecule has 23 heavy (non-hydrogen) atoms. The summed E-state index contributed by atoms with van der Waals surface area (Å²) in [5.74, 6) is 0.862. The van der Waals surface area contributed by atoms with Crippen LogP contribution in [0.5, 0.6) is 0 Å². The van der Waals surface area contributed by atoms with E-state index in [1.54, 1.807) is 11.8 Å². The van der Waals surface area contributed by atoms with Crippen LogP contribution in [0, 0.1) is 5.92 Å². The number of hydrogen-bond donors (Lipinski definition) is 1. The highest BCUT2D eigenvalue weighted by Crippen LogP contribution is 2.14. The van der Waals surface area contributed by atoms with Gasteiger partial charge in [0, 0.05) is 45.8 Å². The van der Waals surface area contributed by atoms with Crippen LogP contribution >= 0.6 is 0 Å². The Kier molecular flexibility index (Phi) is 6.67. The van der Waals surface area contributed by atoms with Crippen LogP contribution in [-0.2, 0) is 10.0 Å². The molecule has 2 fully saturated rings. The van der Waals surface area contributed by atoms with Crippen LogP contribution in [0.25, 0.3) is 0 Å². The van der Waals surface area contributed by atoms with Gasteiger partial charge in [-0.25, -0.2) is 13.2 Å². The molecule has 8 heteroatoms. The number of nitrogens with one attached hydrogen (secondary N) is 1. The summed E-state index contributed by atoms with van der Waals surface area (Å²) < 4.78 is 25.1. The highest BCUT2D eigenvalue weighted by atomic mass is 32.2. The van der Waals surface area contributed by atoms with Crippen LogP contribution in [0.2, 0.25) is 0 Å². The molecular formula is C15H30N4O3S. The molecule has 0 bridgehead atoms. The lowest BCUT2D eigenvalue weighted by Gasteiger charge is -2.34. The van der Waals surface area contributed by atoms with Crippen molar-refractivity contribution >= 4 is 16.1 Å². The number of piperidine rings is 1. The van der Waals surface area contributed by atoms with Gasteiger partial charge in [0.2, 0.25) is 10.0 Å². The van der Waals surface area contributed by atoms with Gasteiger partial charge in [-0.05, 0) is 32.2 Å². The maximum absolute atomic E-state index is 12.2. The van der Waals surface area contributed by atoms with E-state index in [1.807, 2.05) is 0 Å². The van der Waals surface area contributed by atoms with Crippen molar-refractivity contribution in [3.8, 4) is 0 Å². The van der Waals surface area contributed by atoms with Gasteiger partial charge in [-0.2, -0.15) is 4.31 Å². The molecule has 2 amide bonds. The number of carbonyl (C=O) groups is 1. The average Bonchev–Trinajstić information content (AvgIpc) is 2.55. The highest BCUT2D eigenvalue weighted by Gasteiger charge is 2.27. The predicted molar refractivity (Wildman–Crippen MR) is 90.8 cm³/mol. The number of piperazine rings is 1. The van der Waals surface area contributed by atoms with Crippen molar-refractivity contribution in [3.63, 3.8) is 0 Å². The Hall–Kier alpha value is -0.860. The zero-order chi connectivity index (χ0) is 16.9. The number of carbonyl (C=O) groups excluding carboxylic acids is 1. The monoisotopic (exact) mass is 346 g/mol. The third kappa shape index (κ3) is 5.32. The van der Waals surface area contributed by atoms with Crippen LogP contribution < -0.4 is 5.32 Å². The first-order valence-corrected chi connectivity index (χ1v) is 10.3. The fourth-order valence-electron chi connectivity index (χ4n) is 3.27. The zero-order valence-electron chi connectivity index (χ0n) is 14.3. The Morgan fingerprint density at radius 1 is 1.17 bits per heavy atom. The minimum Gasteiger partial charge on any atom is -0.337 e. The van der Waals surface area contributed by atoms with Crippen molar-refractivity contribution in [2.24, 2.45) is 5.92 Å². The van der Waals surface area contributed by atoms with Crippen molar-refractivity contribution in [2.45, 2.75) is 26.7 Å². The lowest BCUT2D eigenvalue weighted by molar-refractivity contribution is 0.163. The summed E-state index contributed by atoms with van der Waals surface area (Å²) in [4.78, 5) is 16.3. The zero-order valence-corrected chi connectivity index (χ0v) is 15.1. The summed E-state index contributed by atoms with van der Waals surface area (Å²) in [6, 6.07) is -0.0800. The third-order valence-corrected chi connectivity index (χ3v) is 6.61. The molecule has 2 rings (SSSR count). The van der Waals surface area contributed by atoms with Gasteiger partial charge in [-0.1, -0.05) is 6.92 Å². The number of hydrogen-bond acceptors (Lipinski definition) is 4. The van der Waals surface area contributed by atoms with Crippen molar-refractivity contribution in [1.82, 2.24) is 19.4 Å². The molecule has 2 saturated heterocycles. The van der Waals surface area contributed by atoms with E-state index in [1.165, 1.54) is 17.1 Å². The number of urea groups is 1. The van der Waals surface area contributed by atoms with Crippen LogP contribution in [0.15, 0.2) is 0 Å². The molecule has 134 valence electrons. The summed E-state index contributed by atoms with van der Waals surface area (Å²) >= 11 is 0. The van der Waals surface area contributed by atoms with Gasteiger partial charge >= 0.3 is 6.03 Å². The van der Waals surface area contributed by atoms with Crippen LogP contribution in [-0.4, -0.2) is 86.7 Å². The van der Waals surface area contributed by atoms with E-state index in [0.29, 0.717) is 32.7 Å². The molecule has 0 spiro atoms. The Morgan fingerprint density at radius 2 is 1.87 bits per heavy atom. The van der Waals surface area contributed by atoms with E-state index >= 15 is 0 Å². The minimum atomic E-state index is -3.14. The molecule has 2 aliphatic rings. The van der Waals surface area contributed by atoms with Gasteiger partial charge in [0.1, 0.15) is 0 Å². The summed E-state index contributed by atoms with van der Waals surface area (Å²) in [6.07, 6.45) is 2.54. The Labute approximate surface area is 140 Å². The lowest BCUT2D eigenvalue weighted by atomic mass is 10.0. The topological polar surface area (TPSA) is 73.0 Å². The molecule has 0 saturated carbocycles. The molecule has 0 aromatic rings. The molecule has 0 aromatic carbocycles. The molecule has 1 atom stereocenters. The van der Waals surface area contributed by atoms with Gasteiger partial charge in [-0.3, -0.25) is 0 Å². The summed E-state index contributed by atoms with van der Waals surface area (Å²) in [7, 11) is -3.14. The van der Waals surface area contributed by atoms with Gasteiger partial charge in [0.05, 0.1) is 5.75 Å². The fraction of sp³-hybridized carbons (Fsp3) is 0.933. The fourth-order valence-corrected chi connectivity index (χ4v) is 4.36. The standard InChI is InChI=1S/C15H30N4O3S/c1-3-23(21,22)19-11-9-18(10-12-19)15(20)16-6-8-17-7-4-5-14(2)13-17/h14H,3-13H2,1-2H3,(H,16,20). The molecule has 0 radical (unpaired) electrons. The average molecular weight is 346 g/mol. The van der Waals surface area contributed by atoms with E-state index in [0.717, 1.165) is 25.6 Å². The minimum absolute atomic E-state index is 0.0800. The number of likely N-dealkylation sites (tertiary alicyclic amines) is 1. The van der Waals surface area contributed by atoms with Crippen molar-refractivity contribution in [1.29, 1.82) is 0 Å². The number of sulfonamides is 1. The van der Waals surface area contributed by atoms with Gasteiger partial charge < -0.3 is 15.1 Å². The molecule has 1 N–H and O–H groups in total. The normalized spacial score (nSPS) is 24.6. The molecule has 2 aliphatic heterocycles. The molecular weight excluding hydrogens is 316 g/mol. The molecule has 1 unspecified atom stereocenters. The van der Waals surface area contributed by atoms with E-state index in [-0.39, 0.29) is 11.8 Å². The van der Waals surface area contributed by atoms with Crippen molar-refractivity contribution in [2.75, 3.05) is 58.1 Å². The second-order valence-electron chi connectivity index (χ2n) is 6.57. The smallest absolute Gasteiger partial charge is 0.317 e. The second-order valence-corrected chi connectivity index (χ2v) is 8.82. The summed E-state index contributed by atoms with van der Waals surface area (Å²) in [5, 5.41) is 2.96. The molecule has 2 heterocycles. The van der Waals surface area contributed by atoms with Crippen LogP contribution in [0.1, 0.15) is 26.7 Å².